The molecule has 0 heterocycles. The van der Waals surface area contributed by atoms with E-state index in [0.717, 1.165) is 6.07 Å². The Morgan fingerprint density at radius 2 is 1.81 bits per heavy atom. The van der Waals surface area contributed by atoms with Gasteiger partial charge in [-0.1, -0.05) is 12.1 Å². The molecule has 0 saturated heterocycles. The zero-order valence-electron chi connectivity index (χ0n) is 14.2. The minimum atomic E-state index is -0.688. The minimum Gasteiger partial charge on any atom is -0.493 e. The Balaban J connectivity index is 2.06. The predicted molar refractivity (Wildman–Crippen MR) is 90.4 cm³/mol. The second kappa shape index (κ2) is 8.65. The highest BCUT2D eigenvalue weighted by Gasteiger charge is 2.24. The van der Waals surface area contributed by atoms with Crippen molar-refractivity contribution in [3.8, 4) is 17.2 Å². The van der Waals surface area contributed by atoms with Crippen LogP contribution < -0.4 is 19.5 Å². The first-order valence-electron chi connectivity index (χ1n) is 7.54. The number of nitro groups is 1. The molecule has 1 N–H and O–H groups in total. The first kappa shape index (κ1) is 19.0. The lowest BCUT2D eigenvalue weighted by Crippen LogP contribution is -2.28. The summed E-state index contributed by atoms with van der Waals surface area (Å²) in [7, 11) is 2.69. The summed E-state index contributed by atoms with van der Waals surface area (Å²) in [6.07, 6.45) is 0. The normalized spacial score (nSPS) is 10.1. The SMILES string of the molecule is COc1cc(C(=O)NCCOc2ccccc2F)c([N+](=O)[O-])cc1OC. The van der Waals surface area contributed by atoms with Crippen LogP contribution in [0.25, 0.3) is 0 Å². The number of rotatable bonds is 8. The van der Waals surface area contributed by atoms with E-state index >= 15 is 0 Å². The maximum absolute atomic E-state index is 13.4. The van der Waals surface area contributed by atoms with Crippen molar-refractivity contribution < 1.29 is 28.3 Å². The number of hydrogen-bond donors (Lipinski definition) is 1. The van der Waals surface area contributed by atoms with Crippen molar-refractivity contribution in [3.63, 3.8) is 0 Å². The van der Waals surface area contributed by atoms with E-state index in [0.29, 0.717) is 0 Å². The molecule has 0 radical (unpaired) electrons. The van der Waals surface area contributed by atoms with E-state index in [1.807, 2.05) is 0 Å². The Morgan fingerprint density at radius 3 is 2.42 bits per heavy atom. The molecule has 1 amide bonds. The van der Waals surface area contributed by atoms with E-state index in [9.17, 15) is 19.3 Å². The quantitative estimate of drug-likeness (QED) is 0.439. The molecule has 0 fully saturated rings. The highest BCUT2D eigenvalue weighted by Crippen LogP contribution is 2.34. The van der Waals surface area contributed by atoms with Gasteiger partial charge >= 0.3 is 0 Å². The van der Waals surface area contributed by atoms with Gasteiger partial charge in [0.1, 0.15) is 12.2 Å². The van der Waals surface area contributed by atoms with Crippen LogP contribution in [0.3, 0.4) is 0 Å². The number of amides is 1. The van der Waals surface area contributed by atoms with Gasteiger partial charge in [-0.3, -0.25) is 14.9 Å². The molecule has 2 aromatic rings. The molecule has 2 rings (SSSR count). The fraction of sp³-hybridized carbons (Fsp3) is 0.235. The molecular weight excluding hydrogens is 347 g/mol. The van der Waals surface area contributed by atoms with Gasteiger partial charge in [-0.25, -0.2) is 4.39 Å². The van der Waals surface area contributed by atoms with Crippen LogP contribution in [0.1, 0.15) is 10.4 Å². The standard InChI is InChI=1S/C17H17FN2O6/c1-24-15-9-11(13(20(22)23)10-16(15)25-2)17(21)19-7-8-26-14-6-4-3-5-12(14)18/h3-6,9-10H,7-8H2,1-2H3,(H,19,21). The maximum atomic E-state index is 13.4. The number of methoxy groups -OCH3 is 2. The van der Waals surface area contributed by atoms with Gasteiger partial charge in [0.15, 0.2) is 23.1 Å². The molecule has 0 unspecified atom stereocenters. The lowest BCUT2D eigenvalue weighted by molar-refractivity contribution is -0.385. The van der Waals surface area contributed by atoms with Gasteiger partial charge < -0.3 is 19.5 Å². The zero-order chi connectivity index (χ0) is 19.1. The Kier molecular flexibility index (Phi) is 6.31. The Bertz CT molecular complexity index is 812. The van der Waals surface area contributed by atoms with Crippen molar-refractivity contribution in [2.45, 2.75) is 0 Å². The van der Waals surface area contributed by atoms with Crippen molar-refractivity contribution >= 4 is 11.6 Å². The summed E-state index contributed by atoms with van der Waals surface area (Å²) < 4.78 is 28.7. The molecule has 9 heteroatoms. The number of carbonyl (C=O) groups is 1. The summed E-state index contributed by atoms with van der Waals surface area (Å²) >= 11 is 0. The highest BCUT2D eigenvalue weighted by atomic mass is 19.1. The van der Waals surface area contributed by atoms with Crippen molar-refractivity contribution in [2.75, 3.05) is 27.4 Å². The van der Waals surface area contributed by atoms with Crippen LogP contribution in [0.2, 0.25) is 0 Å². The van der Waals surface area contributed by atoms with E-state index in [-0.39, 0.29) is 36.0 Å². The second-order valence-corrected chi connectivity index (χ2v) is 5.02. The largest absolute Gasteiger partial charge is 0.493 e. The number of para-hydroxylation sites is 1. The fourth-order valence-electron chi connectivity index (χ4n) is 2.18. The smallest absolute Gasteiger partial charge is 0.286 e. The number of halogens is 1. The maximum Gasteiger partial charge on any atom is 0.286 e. The van der Waals surface area contributed by atoms with Crippen LogP contribution >= 0.6 is 0 Å². The Labute approximate surface area is 148 Å². The van der Waals surface area contributed by atoms with Crippen molar-refractivity contribution in [3.05, 3.63) is 57.9 Å². The van der Waals surface area contributed by atoms with Gasteiger partial charge in [0.05, 0.1) is 31.8 Å². The minimum absolute atomic E-state index is 0.00619. The van der Waals surface area contributed by atoms with Gasteiger partial charge in [-0.2, -0.15) is 0 Å². The summed E-state index contributed by atoms with van der Waals surface area (Å²) in [5.74, 6) is -0.826. The van der Waals surface area contributed by atoms with Crippen LogP contribution in [0.4, 0.5) is 10.1 Å². The third-order valence-electron chi connectivity index (χ3n) is 3.43. The zero-order valence-corrected chi connectivity index (χ0v) is 14.2. The first-order chi connectivity index (χ1) is 12.5. The van der Waals surface area contributed by atoms with Crippen molar-refractivity contribution in [1.82, 2.24) is 5.32 Å². The van der Waals surface area contributed by atoms with Crippen LogP contribution in [-0.2, 0) is 0 Å². The molecule has 138 valence electrons. The van der Waals surface area contributed by atoms with E-state index in [2.05, 4.69) is 5.32 Å². The monoisotopic (exact) mass is 364 g/mol. The van der Waals surface area contributed by atoms with Gasteiger partial charge in [0.25, 0.3) is 11.6 Å². The Hall–Kier alpha value is -3.36. The van der Waals surface area contributed by atoms with Gasteiger partial charge in [-0.15, -0.1) is 0 Å². The molecule has 2 aromatic carbocycles. The lowest BCUT2D eigenvalue weighted by Gasteiger charge is -2.11. The van der Waals surface area contributed by atoms with Gasteiger partial charge in [0, 0.05) is 6.07 Å². The molecule has 0 bridgehead atoms. The number of nitrogens with zero attached hydrogens (tertiary/aromatic N) is 1. The number of hydrogen-bond acceptors (Lipinski definition) is 6. The average Bonchev–Trinajstić information content (AvgIpc) is 2.65. The van der Waals surface area contributed by atoms with Gasteiger partial charge in [0.2, 0.25) is 0 Å². The van der Waals surface area contributed by atoms with E-state index < -0.39 is 22.3 Å². The van der Waals surface area contributed by atoms with E-state index in [1.54, 1.807) is 6.07 Å². The fourth-order valence-corrected chi connectivity index (χ4v) is 2.18. The molecule has 8 nitrogen and oxygen atoms in total. The summed E-state index contributed by atoms with van der Waals surface area (Å²) in [4.78, 5) is 22.8. The van der Waals surface area contributed by atoms with Crippen molar-refractivity contribution in [1.29, 1.82) is 0 Å². The first-order valence-corrected chi connectivity index (χ1v) is 7.54. The predicted octanol–water partition coefficient (Wildman–Crippen LogP) is 2.56. The van der Waals surface area contributed by atoms with Crippen LogP contribution in [0.5, 0.6) is 17.2 Å². The van der Waals surface area contributed by atoms with Crippen LogP contribution in [0.15, 0.2) is 36.4 Å². The number of carbonyl (C=O) groups excluding carboxylic acids is 1. The van der Waals surface area contributed by atoms with Gasteiger partial charge in [-0.05, 0) is 12.1 Å². The van der Waals surface area contributed by atoms with E-state index in [4.69, 9.17) is 14.2 Å². The highest BCUT2D eigenvalue weighted by molar-refractivity contribution is 5.99. The Morgan fingerprint density at radius 1 is 1.15 bits per heavy atom. The molecule has 0 aromatic heterocycles. The molecule has 0 atom stereocenters. The number of nitrogens with one attached hydrogen (secondary N) is 1. The summed E-state index contributed by atoms with van der Waals surface area (Å²) in [6.45, 7) is 0.0203. The number of benzene rings is 2. The molecular formula is C17H17FN2O6. The summed E-state index contributed by atoms with van der Waals surface area (Å²) in [5.41, 5.74) is -0.603. The molecule has 0 spiro atoms. The van der Waals surface area contributed by atoms with Crippen molar-refractivity contribution in [2.24, 2.45) is 0 Å². The number of ether oxygens (including phenoxy) is 3. The molecule has 0 saturated carbocycles. The third kappa shape index (κ3) is 4.38. The third-order valence-corrected chi connectivity index (χ3v) is 3.43. The average molecular weight is 364 g/mol. The summed E-state index contributed by atoms with van der Waals surface area (Å²) in [6, 6.07) is 8.19. The van der Waals surface area contributed by atoms with Crippen LogP contribution in [0, 0.1) is 15.9 Å². The van der Waals surface area contributed by atoms with Crippen LogP contribution in [-0.4, -0.2) is 38.2 Å². The molecule has 0 aliphatic carbocycles. The number of nitro benzene ring substituents is 1. The second-order valence-electron chi connectivity index (χ2n) is 5.02. The molecule has 26 heavy (non-hydrogen) atoms. The molecule has 0 aliphatic rings. The molecule has 0 aliphatic heterocycles. The summed E-state index contributed by atoms with van der Waals surface area (Å²) in [5, 5.41) is 13.7. The lowest BCUT2D eigenvalue weighted by atomic mass is 10.1. The topological polar surface area (TPSA) is 99.9 Å². The van der Waals surface area contributed by atoms with E-state index in [1.165, 1.54) is 38.5 Å².